The lowest BCUT2D eigenvalue weighted by atomic mass is 9.97. The normalized spacial score (nSPS) is 11.6. The standard InChI is InChI=1S/C27H29NO3/c1-21(22-14-16-25(30-2)17-15-22)28(20-27(29)31-3)19-18-26(23-10-6-4-7-11-23)24-12-8-5-9-13-24/h4-18,21H,19-20H2,1-3H3/t21-/m1/s1. The molecule has 1 atom stereocenters. The van der Waals surface area contributed by atoms with Crippen LogP contribution in [-0.2, 0) is 9.53 Å². The minimum absolute atomic E-state index is 0.0223. The predicted octanol–water partition coefficient (Wildman–Crippen LogP) is 5.36. The van der Waals surface area contributed by atoms with Crippen molar-refractivity contribution in [2.45, 2.75) is 13.0 Å². The number of esters is 1. The van der Waals surface area contributed by atoms with Gasteiger partial charge in [0, 0.05) is 12.6 Å². The van der Waals surface area contributed by atoms with Gasteiger partial charge in [-0.15, -0.1) is 0 Å². The molecule has 0 spiro atoms. The molecule has 0 N–H and O–H groups in total. The van der Waals surface area contributed by atoms with Crippen molar-refractivity contribution >= 4 is 11.5 Å². The maximum atomic E-state index is 12.1. The molecule has 0 aliphatic heterocycles. The maximum absolute atomic E-state index is 12.1. The number of ether oxygens (including phenoxy) is 2. The lowest BCUT2D eigenvalue weighted by Crippen LogP contribution is -2.33. The average molecular weight is 416 g/mol. The van der Waals surface area contributed by atoms with Crippen LogP contribution < -0.4 is 4.74 Å². The molecule has 0 radical (unpaired) electrons. The third-order valence-corrected chi connectivity index (χ3v) is 5.41. The SMILES string of the molecule is COC(=O)CN(CC=C(c1ccccc1)c1ccccc1)[C@H](C)c1ccc(OC)cc1. The smallest absolute Gasteiger partial charge is 0.319 e. The van der Waals surface area contributed by atoms with Gasteiger partial charge in [-0.2, -0.15) is 0 Å². The summed E-state index contributed by atoms with van der Waals surface area (Å²) in [5.74, 6) is 0.556. The summed E-state index contributed by atoms with van der Waals surface area (Å²) in [4.78, 5) is 14.2. The van der Waals surface area contributed by atoms with E-state index in [1.165, 1.54) is 7.11 Å². The van der Waals surface area contributed by atoms with Gasteiger partial charge in [0.1, 0.15) is 5.75 Å². The number of carbonyl (C=O) groups is 1. The van der Waals surface area contributed by atoms with Crippen LogP contribution in [0.4, 0.5) is 0 Å². The third-order valence-electron chi connectivity index (χ3n) is 5.41. The second-order valence-electron chi connectivity index (χ2n) is 7.30. The van der Waals surface area contributed by atoms with Gasteiger partial charge < -0.3 is 9.47 Å². The minimum atomic E-state index is -0.255. The van der Waals surface area contributed by atoms with E-state index in [1.54, 1.807) is 7.11 Å². The van der Waals surface area contributed by atoms with Gasteiger partial charge in [0.05, 0.1) is 20.8 Å². The van der Waals surface area contributed by atoms with Crippen molar-refractivity contribution in [3.05, 3.63) is 108 Å². The lowest BCUT2D eigenvalue weighted by molar-refractivity contribution is -0.142. The van der Waals surface area contributed by atoms with E-state index in [0.29, 0.717) is 6.54 Å². The van der Waals surface area contributed by atoms with Crippen LogP contribution in [0.5, 0.6) is 5.75 Å². The zero-order chi connectivity index (χ0) is 22.1. The molecule has 0 amide bonds. The number of rotatable bonds is 9. The summed E-state index contributed by atoms with van der Waals surface area (Å²) >= 11 is 0. The Morgan fingerprint density at radius 2 is 1.42 bits per heavy atom. The Balaban J connectivity index is 1.92. The number of methoxy groups -OCH3 is 2. The number of hydrogen-bond acceptors (Lipinski definition) is 4. The zero-order valence-corrected chi connectivity index (χ0v) is 18.3. The Morgan fingerprint density at radius 1 is 0.871 bits per heavy atom. The summed E-state index contributed by atoms with van der Waals surface area (Å²) in [5, 5.41) is 0. The van der Waals surface area contributed by atoms with E-state index < -0.39 is 0 Å². The molecule has 0 saturated heterocycles. The quantitative estimate of drug-likeness (QED) is 0.441. The predicted molar refractivity (Wildman–Crippen MR) is 125 cm³/mol. The molecular weight excluding hydrogens is 386 g/mol. The van der Waals surface area contributed by atoms with Crippen LogP contribution in [0.3, 0.4) is 0 Å². The molecule has 3 rings (SSSR count). The van der Waals surface area contributed by atoms with E-state index in [1.807, 2.05) is 60.7 Å². The molecule has 0 aromatic heterocycles. The van der Waals surface area contributed by atoms with Crippen molar-refractivity contribution in [1.29, 1.82) is 0 Å². The molecule has 0 aliphatic rings. The highest BCUT2D eigenvalue weighted by Gasteiger charge is 2.19. The molecule has 4 heteroatoms. The first-order chi connectivity index (χ1) is 15.1. The van der Waals surface area contributed by atoms with Crippen molar-refractivity contribution in [3.8, 4) is 5.75 Å². The molecule has 0 aliphatic carbocycles. The van der Waals surface area contributed by atoms with Crippen LogP contribution in [-0.4, -0.2) is 38.2 Å². The molecule has 0 heterocycles. The Hall–Kier alpha value is -3.37. The van der Waals surface area contributed by atoms with Crippen LogP contribution in [0.1, 0.15) is 29.7 Å². The average Bonchev–Trinajstić information content (AvgIpc) is 2.84. The molecule has 4 nitrogen and oxygen atoms in total. The number of hydrogen-bond donors (Lipinski definition) is 0. The van der Waals surface area contributed by atoms with Crippen molar-refractivity contribution in [3.63, 3.8) is 0 Å². The highest BCUT2D eigenvalue weighted by Crippen LogP contribution is 2.26. The number of benzene rings is 3. The zero-order valence-electron chi connectivity index (χ0n) is 18.3. The minimum Gasteiger partial charge on any atom is -0.497 e. The number of carbonyl (C=O) groups excluding carboxylic acids is 1. The first-order valence-electron chi connectivity index (χ1n) is 10.4. The van der Waals surface area contributed by atoms with Gasteiger partial charge in [0.15, 0.2) is 0 Å². The van der Waals surface area contributed by atoms with Crippen molar-refractivity contribution in [1.82, 2.24) is 4.90 Å². The van der Waals surface area contributed by atoms with Gasteiger partial charge in [-0.1, -0.05) is 78.9 Å². The van der Waals surface area contributed by atoms with Crippen molar-refractivity contribution < 1.29 is 14.3 Å². The lowest BCUT2D eigenvalue weighted by Gasteiger charge is -2.28. The molecule has 3 aromatic carbocycles. The summed E-state index contributed by atoms with van der Waals surface area (Å²) < 4.78 is 10.2. The van der Waals surface area contributed by atoms with E-state index in [0.717, 1.165) is 28.0 Å². The van der Waals surface area contributed by atoms with Gasteiger partial charge in [0.2, 0.25) is 0 Å². The van der Waals surface area contributed by atoms with Crippen LogP contribution >= 0.6 is 0 Å². The van der Waals surface area contributed by atoms with Gasteiger partial charge in [-0.3, -0.25) is 9.69 Å². The summed E-state index contributed by atoms with van der Waals surface area (Å²) in [5.41, 5.74) is 4.53. The van der Waals surface area contributed by atoms with Crippen LogP contribution in [0.15, 0.2) is 91.0 Å². The maximum Gasteiger partial charge on any atom is 0.319 e. The van der Waals surface area contributed by atoms with Gasteiger partial charge in [-0.05, 0) is 41.3 Å². The van der Waals surface area contributed by atoms with Crippen LogP contribution in [0, 0.1) is 0 Å². The second-order valence-corrected chi connectivity index (χ2v) is 7.30. The molecule has 3 aromatic rings. The first kappa shape index (κ1) is 22.3. The van der Waals surface area contributed by atoms with E-state index in [9.17, 15) is 4.79 Å². The Kier molecular flexibility index (Phi) is 8.02. The van der Waals surface area contributed by atoms with Gasteiger partial charge >= 0.3 is 5.97 Å². The highest BCUT2D eigenvalue weighted by atomic mass is 16.5. The third kappa shape index (κ3) is 6.06. The highest BCUT2D eigenvalue weighted by molar-refractivity contribution is 5.80. The van der Waals surface area contributed by atoms with Gasteiger partial charge in [0.25, 0.3) is 0 Å². The first-order valence-corrected chi connectivity index (χ1v) is 10.4. The molecule has 31 heavy (non-hydrogen) atoms. The molecule has 0 unspecified atom stereocenters. The summed E-state index contributed by atoms with van der Waals surface area (Å²) in [6, 6.07) is 28.6. The van der Waals surface area contributed by atoms with Crippen LogP contribution in [0.25, 0.3) is 5.57 Å². The van der Waals surface area contributed by atoms with E-state index in [-0.39, 0.29) is 18.6 Å². The Bertz CT molecular complexity index is 941. The molecule has 0 bridgehead atoms. The van der Waals surface area contributed by atoms with E-state index in [2.05, 4.69) is 42.2 Å². The fourth-order valence-corrected chi connectivity index (χ4v) is 3.53. The van der Waals surface area contributed by atoms with Crippen LogP contribution in [0.2, 0.25) is 0 Å². The fraction of sp³-hybridized carbons (Fsp3) is 0.222. The summed E-state index contributed by atoms with van der Waals surface area (Å²) in [6.45, 7) is 2.90. The number of nitrogens with zero attached hydrogens (tertiary/aromatic N) is 1. The summed E-state index contributed by atoms with van der Waals surface area (Å²) in [6.07, 6.45) is 2.19. The monoisotopic (exact) mass is 415 g/mol. The second kappa shape index (κ2) is 11.1. The Labute approximate surface area is 184 Å². The van der Waals surface area contributed by atoms with Crippen molar-refractivity contribution in [2.75, 3.05) is 27.3 Å². The molecular formula is C27H29NO3. The molecule has 160 valence electrons. The topological polar surface area (TPSA) is 38.8 Å². The summed E-state index contributed by atoms with van der Waals surface area (Å²) in [7, 11) is 3.08. The van der Waals surface area contributed by atoms with E-state index >= 15 is 0 Å². The largest absolute Gasteiger partial charge is 0.497 e. The van der Waals surface area contributed by atoms with E-state index in [4.69, 9.17) is 9.47 Å². The van der Waals surface area contributed by atoms with Crippen molar-refractivity contribution in [2.24, 2.45) is 0 Å². The molecule has 0 saturated carbocycles. The Morgan fingerprint density at radius 3 is 1.90 bits per heavy atom. The fourth-order valence-electron chi connectivity index (χ4n) is 3.53. The van der Waals surface area contributed by atoms with Gasteiger partial charge in [-0.25, -0.2) is 0 Å². The molecule has 0 fully saturated rings.